The molecule has 0 bridgehead atoms. The Balaban J connectivity index is 1.95. The Morgan fingerprint density at radius 1 is 0.317 bits per heavy atom. The Morgan fingerprint density at radius 2 is 0.583 bits per heavy atom. The first kappa shape index (κ1) is 46.1. The first-order valence-corrected chi connectivity index (χ1v) is 17.4. The lowest BCUT2D eigenvalue weighted by Crippen LogP contribution is -2.56. The lowest BCUT2D eigenvalue weighted by Gasteiger charge is -2.32. The predicted molar refractivity (Wildman–Crippen MR) is 282 cm³/mol. The summed E-state index contributed by atoms with van der Waals surface area (Å²) >= 11 is 0. The molecule has 0 spiro atoms. The number of benzene rings is 6. The smallest absolute Gasteiger partial charge is 0.113 e. The van der Waals surface area contributed by atoms with Crippen molar-refractivity contribution in [1.82, 2.24) is 0 Å². The lowest BCUT2D eigenvalue weighted by atomic mass is 9.55. The topological polar surface area (TPSA) is 0 Å². The van der Waals surface area contributed by atoms with Crippen LogP contribution in [0.25, 0.3) is 49.3 Å². The highest BCUT2D eigenvalue weighted by Crippen LogP contribution is 2.40. The monoisotopic (exact) mass is 700 g/mol. The van der Waals surface area contributed by atoms with E-state index in [2.05, 4.69) is 5.92 Å². The van der Waals surface area contributed by atoms with E-state index in [1.807, 2.05) is 0 Å². The van der Waals surface area contributed by atoms with Gasteiger partial charge in [0.2, 0.25) is 0 Å². The molecule has 0 N–H and O–H groups in total. The molecule has 6 aromatic carbocycles. The molecule has 6 aromatic rings. The van der Waals surface area contributed by atoms with Gasteiger partial charge in [-0.3, -0.25) is 0 Å². The summed E-state index contributed by atoms with van der Waals surface area (Å²) in [6, 6.07) is 0. The van der Waals surface area contributed by atoms with Gasteiger partial charge >= 0.3 is 0 Å². The lowest BCUT2D eigenvalue weighted by molar-refractivity contribution is 1.30. The highest BCUT2D eigenvalue weighted by molar-refractivity contribution is 6.75. The van der Waals surface area contributed by atoms with Crippen LogP contribution >= 0.6 is 0 Å². The molecular weight excluding hydrogens is 693 g/mol. The van der Waals surface area contributed by atoms with Crippen LogP contribution in [0.4, 0.5) is 0 Å². The molecule has 0 aliphatic heterocycles. The quantitative estimate of drug-likeness (QED) is 0.0957. The minimum absolute atomic E-state index is 0.00335. The standard InChI is InChI=1S/C37H3B23/c1-2-4-7(19(42)29(52)20(43)8(4)18(41)6(38)3-5-16(39)27(50)36(59)28(51)17(5)40)9-11-13(23(46)32(55)30(53)21(11)44)10(14-12(9)22(45)31(54)33(56)24(14)47)15-25(48)34(57)37(60)35(58)26(15)49/h1H,3H2/b18-6-. The summed E-state index contributed by atoms with van der Waals surface area (Å²) < 4.78 is 0. The summed E-state index contributed by atoms with van der Waals surface area (Å²) in [5.41, 5.74) is -2.67. The number of hydrogen-bond acceptors (Lipinski definition) is 0. The van der Waals surface area contributed by atoms with E-state index in [1.54, 1.807) is 0 Å². The van der Waals surface area contributed by atoms with Gasteiger partial charge in [0.1, 0.15) is 180 Å². The van der Waals surface area contributed by atoms with Gasteiger partial charge in [0.25, 0.3) is 0 Å². The van der Waals surface area contributed by atoms with E-state index >= 15 is 0 Å². The van der Waals surface area contributed by atoms with Gasteiger partial charge in [-0.1, -0.05) is 60.7 Å². The average molecular weight is 696 g/mol. The van der Waals surface area contributed by atoms with Gasteiger partial charge in [-0.2, -0.15) is 0 Å². The van der Waals surface area contributed by atoms with Gasteiger partial charge in [0, 0.05) is 5.56 Å². The first-order chi connectivity index (χ1) is 27.9. The Labute approximate surface area is 383 Å². The van der Waals surface area contributed by atoms with Gasteiger partial charge in [0.05, 0.1) is 0 Å². The maximum atomic E-state index is 6.91. The third-order valence-corrected chi connectivity index (χ3v) is 11.1. The number of fused-ring (bicyclic) bond motifs is 2. The number of rotatable bonds is 5. The number of hydrogen-bond donors (Lipinski definition) is 0. The van der Waals surface area contributed by atoms with Gasteiger partial charge in [-0.25, -0.2) is 0 Å². The van der Waals surface area contributed by atoms with Crippen LogP contribution in [0.1, 0.15) is 16.7 Å². The predicted octanol–water partition coefficient (Wildman–Crippen LogP) is -16.8. The van der Waals surface area contributed by atoms with Crippen molar-refractivity contribution in [2.75, 3.05) is 0 Å². The minimum Gasteiger partial charge on any atom is -0.120 e. The van der Waals surface area contributed by atoms with Gasteiger partial charge in [0.15, 0.2) is 0 Å². The molecular formula is C37H3B23. The highest BCUT2D eigenvalue weighted by Gasteiger charge is 2.29. The van der Waals surface area contributed by atoms with E-state index in [-0.39, 0.29) is 193 Å². The van der Waals surface area contributed by atoms with Gasteiger partial charge in [-0.05, 0) is 55.8 Å². The van der Waals surface area contributed by atoms with Gasteiger partial charge in [-0.15, -0.1) is 82.9 Å². The van der Waals surface area contributed by atoms with Crippen LogP contribution in [0.5, 0.6) is 0 Å². The van der Waals surface area contributed by atoms with Crippen LogP contribution in [0, 0.1) is 12.3 Å². The number of allylic oxidation sites excluding steroid dienone is 1. The average Bonchev–Trinajstić information content (AvgIpc) is 3.22. The second-order valence-electron chi connectivity index (χ2n) is 14.2. The van der Waals surface area contributed by atoms with Crippen molar-refractivity contribution in [1.29, 1.82) is 0 Å². The molecule has 0 unspecified atom stereocenters. The molecule has 0 amide bonds. The molecule has 0 aromatic heterocycles. The zero-order valence-corrected chi connectivity index (χ0v) is 32.1. The fourth-order valence-electron chi connectivity index (χ4n) is 7.60. The van der Waals surface area contributed by atoms with E-state index in [0.717, 1.165) is 0 Å². The Kier molecular flexibility index (Phi) is 12.6. The van der Waals surface area contributed by atoms with Crippen molar-refractivity contribution in [3.8, 4) is 34.6 Å². The van der Waals surface area contributed by atoms with E-state index in [0.29, 0.717) is 0 Å². The SMILES string of the molecule is [B]/C(Cc1c([B])c([B])c([B])c([B])c1[B])=C(\[B])c1c([B])c([B])c([B])c(-c2c3c([B])c([B])c([B])c([B])c3c(-c3c([B])c([B])c([B])c([B])c3[B])c3c([B])c([B])c([B])c([B])c23)c1C#C. The second kappa shape index (κ2) is 16.4. The molecule has 23 heteroatoms. The normalized spacial score (nSPS) is 11.8. The molecule has 46 radical (unpaired) electrons. The van der Waals surface area contributed by atoms with E-state index in [1.165, 1.54) is 0 Å². The van der Waals surface area contributed by atoms with Gasteiger partial charge < -0.3 is 0 Å². The summed E-state index contributed by atoms with van der Waals surface area (Å²) in [5, 5.41) is 0.107. The molecule has 0 aliphatic rings. The van der Waals surface area contributed by atoms with Crippen molar-refractivity contribution in [3.63, 3.8) is 0 Å². The van der Waals surface area contributed by atoms with Crippen LogP contribution in [0.15, 0.2) is 5.47 Å². The van der Waals surface area contributed by atoms with Crippen LogP contribution < -0.4 is 115 Å². The summed E-state index contributed by atoms with van der Waals surface area (Å²) in [6.45, 7) is 0. The molecule has 0 heterocycles. The molecule has 6 rings (SSSR count). The number of terminal acetylenes is 1. The third kappa shape index (κ3) is 6.57. The van der Waals surface area contributed by atoms with Crippen molar-refractivity contribution in [2.24, 2.45) is 0 Å². The summed E-state index contributed by atoms with van der Waals surface area (Å²) in [4.78, 5) is 0. The van der Waals surface area contributed by atoms with Crippen molar-refractivity contribution >= 4 is 322 Å². The fraction of sp³-hybridized carbons (Fsp3) is 0.0270. The zero-order valence-electron chi connectivity index (χ0n) is 32.1. The minimum atomic E-state index is -0.225. The zero-order chi connectivity index (χ0) is 45.0. The molecule has 0 nitrogen and oxygen atoms in total. The largest absolute Gasteiger partial charge is 0.120 e. The molecule has 0 saturated heterocycles. The van der Waals surface area contributed by atoms with E-state index < -0.39 is 0 Å². The maximum Gasteiger partial charge on any atom is 0.113 e. The first-order valence-electron chi connectivity index (χ1n) is 17.4. The van der Waals surface area contributed by atoms with Crippen LogP contribution in [-0.2, 0) is 6.42 Å². The fourth-order valence-corrected chi connectivity index (χ4v) is 7.60. The maximum absolute atomic E-state index is 6.91. The van der Waals surface area contributed by atoms with Crippen LogP contribution in [0.3, 0.4) is 0 Å². The van der Waals surface area contributed by atoms with Crippen molar-refractivity contribution in [3.05, 3.63) is 22.2 Å². The highest BCUT2D eigenvalue weighted by atomic mass is 14.3. The molecule has 0 saturated carbocycles. The molecule has 60 heavy (non-hydrogen) atoms. The van der Waals surface area contributed by atoms with Crippen LogP contribution in [-0.4, -0.2) is 180 Å². The summed E-state index contributed by atoms with van der Waals surface area (Å²) in [6.07, 6.45) is 6.11. The van der Waals surface area contributed by atoms with Crippen molar-refractivity contribution in [2.45, 2.75) is 6.42 Å². The molecule has 0 fully saturated rings. The Morgan fingerprint density at radius 3 is 0.933 bits per heavy atom. The Bertz CT molecular complexity index is 2910. The second-order valence-corrected chi connectivity index (χ2v) is 14.2. The summed E-state index contributed by atoms with van der Waals surface area (Å²) in [5.74, 6) is 2.62. The summed E-state index contributed by atoms with van der Waals surface area (Å²) in [7, 11) is 151. The van der Waals surface area contributed by atoms with E-state index in [4.69, 9.17) is 187 Å². The third-order valence-electron chi connectivity index (χ3n) is 11.1. The Hall–Kier alpha value is -3.37. The molecule has 220 valence electrons. The van der Waals surface area contributed by atoms with Crippen LogP contribution in [0.2, 0.25) is 0 Å². The molecule has 0 aliphatic carbocycles. The molecule has 0 atom stereocenters. The van der Waals surface area contributed by atoms with Crippen molar-refractivity contribution < 1.29 is 0 Å². The van der Waals surface area contributed by atoms with E-state index in [9.17, 15) is 0 Å².